The molecule has 2 aromatic carbocycles. The van der Waals surface area contributed by atoms with Gasteiger partial charge in [-0.25, -0.2) is 0 Å². The number of carbonyl (C=O) groups excluding carboxylic acids is 2. The van der Waals surface area contributed by atoms with Gasteiger partial charge in [-0.15, -0.1) is 0 Å². The molecule has 40 heavy (non-hydrogen) atoms. The Bertz CT molecular complexity index is 1210. The van der Waals surface area contributed by atoms with Crippen LogP contribution in [-0.4, -0.2) is 86.5 Å². The first kappa shape index (κ1) is 31.1. The minimum atomic E-state index is -0.357. The molecule has 0 saturated carbocycles. The maximum Gasteiger partial charge on any atom is 0.302 e. The van der Waals surface area contributed by atoms with Crippen molar-refractivity contribution in [3.8, 4) is 11.5 Å². The SMILES string of the molecule is CCOc1cc2c(cc1OC)C(c1ccc(C(=O)N(C(C)C)[C@@H](C)COC(C)=O)cc1)=N[C@H](CCN(C)C)[C@@H]2C. The van der Waals surface area contributed by atoms with Crippen molar-refractivity contribution in [2.45, 2.75) is 72.0 Å². The molecule has 0 saturated heterocycles. The fraction of sp³-hybridized carbons (Fsp3) is 0.531. The van der Waals surface area contributed by atoms with E-state index in [-0.39, 0.29) is 42.5 Å². The maximum atomic E-state index is 13.5. The summed E-state index contributed by atoms with van der Waals surface area (Å²) in [6, 6.07) is 11.6. The van der Waals surface area contributed by atoms with Crippen molar-refractivity contribution in [1.29, 1.82) is 0 Å². The molecule has 0 radical (unpaired) electrons. The van der Waals surface area contributed by atoms with E-state index in [1.54, 1.807) is 12.0 Å². The predicted octanol–water partition coefficient (Wildman–Crippen LogP) is 5.17. The van der Waals surface area contributed by atoms with E-state index < -0.39 is 0 Å². The molecule has 0 aliphatic carbocycles. The average Bonchev–Trinajstić information content (AvgIpc) is 2.91. The molecule has 0 N–H and O–H groups in total. The Balaban J connectivity index is 2.00. The molecule has 218 valence electrons. The topological polar surface area (TPSA) is 80.7 Å². The highest BCUT2D eigenvalue weighted by molar-refractivity contribution is 6.15. The predicted molar refractivity (Wildman–Crippen MR) is 159 cm³/mol. The number of methoxy groups -OCH3 is 1. The normalized spacial score (nSPS) is 17.2. The van der Waals surface area contributed by atoms with E-state index in [2.05, 4.69) is 32.0 Å². The largest absolute Gasteiger partial charge is 0.493 e. The van der Waals surface area contributed by atoms with E-state index in [9.17, 15) is 9.59 Å². The number of amides is 1. The molecule has 1 heterocycles. The Labute approximate surface area is 239 Å². The first-order valence-electron chi connectivity index (χ1n) is 14.1. The van der Waals surface area contributed by atoms with Crippen molar-refractivity contribution in [2.75, 3.05) is 41.0 Å². The van der Waals surface area contributed by atoms with Gasteiger partial charge in [-0.05, 0) is 84.6 Å². The Kier molecular flexibility index (Phi) is 10.7. The van der Waals surface area contributed by atoms with E-state index >= 15 is 0 Å². The Morgan fingerprint density at radius 2 is 1.73 bits per heavy atom. The molecular weight excluding hydrogens is 506 g/mol. The monoisotopic (exact) mass is 551 g/mol. The van der Waals surface area contributed by atoms with Crippen LogP contribution in [-0.2, 0) is 9.53 Å². The highest BCUT2D eigenvalue weighted by Crippen LogP contribution is 2.40. The first-order chi connectivity index (χ1) is 19.0. The molecule has 0 aromatic heterocycles. The highest BCUT2D eigenvalue weighted by atomic mass is 16.5. The minimum Gasteiger partial charge on any atom is -0.493 e. The van der Waals surface area contributed by atoms with Crippen LogP contribution in [0.4, 0.5) is 0 Å². The van der Waals surface area contributed by atoms with Gasteiger partial charge in [0.05, 0.1) is 31.5 Å². The quantitative estimate of drug-likeness (QED) is 0.339. The summed E-state index contributed by atoms with van der Waals surface area (Å²) in [5.41, 5.74) is 4.61. The Morgan fingerprint density at radius 1 is 1.05 bits per heavy atom. The standard InChI is InChI=1S/C32H45N3O5/c1-10-39-30-17-26-22(5)28(15-16-34(7)8)33-31(27(26)18-29(30)38-9)24-11-13-25(14-12-24)32(37)35(20(2)3)21(4)19-40-23(6)36/h11-14,17-18,20-22,28H,10,15-16,19H2,1-9H3/t21-,22+,28+/m0/s1. The second-order valence-electron chi connectivity index (χ2n) is 11.0. The number of rotatable bonds is 12. The number of ether oxygens (including phenoxy) is 3. The van der Waals surface area contributed by atoms with Crippen molar-refractivity contribution in [3.05, 3.63) is 58.7 Å². The van der Waals surface area contributed by atoms with Gasteiger partial charge in [-0.3, -0.25) is 14.6 Å². The number of nitrogens with zero attached hydrogens (tertiary/aromatic N) is 3. The molecule has 3 rings (SSSR count). The lowest BCUT2D eigenvalue weighted by Crippen LogP contribution is -2.45. The molecule has 2 aromatic rings. The second kappa shape index (κ2) is 13.8. The van der Waals surface area contributed by atoms with Crippen molar-refractivity contribution in [1.82, 2.24) is 9.80 Å². The number of hydrogen-bond donors (Lipinski definition) is 0. The number of fused-ring (bicyclic) bond motifs is 1. The summed E-state index contributed by atoms with van der Waals surface area (Å²) in [5, 5.41) is 0. The first-order valence-corrected chi connectivity index (χ1v) is 14.1. The van der Waals surface area contributed by atoms with Gasteiger partial charge in [0.15, 0.2) is 11.5 Å². The van der Waals surface area contributed by atoms with Crippen molar-refractivity contribution < 1.29 is 23.8 Å². The van der Waals surface area contributed by atoms with Crippen LogP contribution in [0.2, 0.25) is 0 Å². The molecule has 1 aliphatic heterocycles. The van der Waals surface area contributed by atoms with Gasteiger partial charge in [0.2, 0.25) is 0 Å². The smallest absolute Gasteiger partial charge is 0.302 e. The number of benzene rings is 2. The van der Waals surface area contributed by atoms with Crippen LogP contribution in [0.1, 0.15) is 80.9 Å². The van der Waals surface area contributed by atoms with Gasteiger partial charge in [0.25, 0.3) is 5.91 Å². The summed E-state index contributed by atoms with van der Waals surface area (Å²) in [6.45, 7) is 13.0. The summed E-state index contributed by atoms with van der Waals surface area (Å²) in [7, 11) is 5.80. The van der Waals surface area contributed by atoms with E-state index in [1.165, 1.54) is 12.5 Å². The summed E-state index contributed by atoms with van der Waals surface area (Å²) >= 11 is 0. The van der Waals surface area contributed by atoms with Crippen LogP contribution < -0.4 is 9.47 Å². The summed E-state index contributed by atoms with van der Waals surface area (Å²) in [5.74, 6) is 1.16. The molecule has 8 nitrogen and oxygen atoms in total. The second-order valence-corrected chi connectivity index (χ2v) is 11.0. The number of esters is 1. The zero-order chi connectivity index (χ0) is 29.6. The van der Waals surface area contributed by atoms with Crippen molar-refractivity contribution in [3.63, 3.8) is 0 Å². The fourth-order valence-corrected chi connectivity index (χ4v) is 5.26. The van der Waals surface area contributed by atoms with Gasteiger partial charge in [0, 0.05) is 35.6 Å². The molecule has 0 fully saturated rings. The third-order valence-electron chi connectivity index (χ3n) is 7.32. The van der Waals surface area contributed by atoms with Gasteiger partial charge < -0.3 is 24.0 Å². The Hall–Kier alpha value is -3.39. The van der Waals surface area contributed by atoms with Crippen LogP contribution in [0.3, 0.4) is 0 Å². The Morgan fingerprint density at radius 3 is 2.27 bits per heavy atom. The van der Waals surface area contributed by atoms with Gasteiger partial charge in [-0.1, -0.05) is 19.1 Å². The molecule has 3 atom stereocenters. The maximum absolute atomic E-state index is 13.5. The van der Waals surface area contributed by atoms with Crippen LogP contribution >= 0.6 is 0 Å². The van der Waals surface area contributed by atoms with Crippen LogP contribution in [0.15, 0.2) is 41.4 Å². The lowest BCUT2D eigenvalue weighted by Gasteiger charge is -2.33. The van der Waals surface area contributed by atoms with Gasteiger partial charge >= 0.3 is 5.97 Å². The summed E-state index contributed by atoms with van der Waals surface area (Å²) < 4.78 is 16.8. The molecule has 0 spiro atoms. The number of carbonyl (C=O) groups is 2. The number of hydrogen-bond acceptors (Lipinski definition) is 7. The van der Waals surface area contributed by atoms with E-state index in [1.807, 2.05) is 58.0 Å². The molecule has 0 bridgehead atoms. The van der Waals surface area contributed by atoms with Gasteiger partial charge in [-0.2, -0.15) is 0 Å². The molecule has 1 aliphatic rings. The lowest BCUT2D eigenvalue weighted by atomic mass is 9.81. The van der Waals surface area contributed by atoms with E-state index in [0.29, 0.717) is 17.9 Å². The van der Waals surface area contributed by atoms with Crippen molar-refractivity contribution in [2.24, 2.45) is 4.99 Å². The highest BCUT2D eigenvalue weighted by Gasteiger charge is 2.31. The fourth-order valence-electron chi connectivity index (χ4n) is 5.26. The summed E-state index contributed by atoms with van der Waals surface area (Å²) in [6.07, 6.45) is 0.924. The van der Waals surface area contributed by atoms with Crippen LogP contribution in [0.5, 0.6) is 11.5 Å². The minimum absolute atomic E-state index is 0.0572. The zero-order valence-corrected chi connectivity index (χ0v) is 25.5. The molecule has 0 unspecified atom stereocenters. The van der Waals surface area contributed by atoms with Crippen LogP contribution in [0, 0.1) is 0 Å². The third-order valence-corrected chi connectivity index (χ3v) is 7.32. The van der Waals surface area contributed by atoms with Crippen molar-refractivity contribution >= 4 is 17.6 Å². The molecule has 8 heteroatoms. The number of aliphatic imine (C=N–C) groups is 1. The van der Waals surface area contributed by atoms with Gasteiger partial charge in [0.1, 0.15) is 6.61 Å². The van der Waals surface area contributed by atoms with E-state index in [4.69, 9.17) is 19.2 Å². The van der Waals surface area contributed by atoms with E-state index in [0.717, 1.165) is 35.6 Å². The third kappa shape index (κ3) is 7.22. The molecule has 1 amide bonds. The summed E-state index contributed by atoms with van der Waals surface area (Å²) in [4.78, 5) is 34.0. The molecular formula is C32H45N3O5. The van der Waals surface area contributed by atoms with Crippen LogP contribution in [0.25, 0.3) is 0 Å². The zero-order valence-electron chi connectivity index (χ0n) is 25.5. The lowest BCUT2D eigenvalue weighted by molar-refractivity contribution is -0.142. The average molecular weight is 552 g/mol.